The number of halogens is 3. The summed E-state index contributed by atoms with van der Waals surface area (Å²) >= 11 is 0. The topological polar surface area (TPSA) is 38.5 Å². The zero-order valence-electron chi connectivity index (χ0n) is 10.9. The number of para-hydroxylation sites is 1. The summed E-state index contributed by atoms with van der Waals surface area (Å²) in [5.74, 6) is 0.689. The summed E-state index contributed by atoms with van der Waals surface area (Å²) in [6.45, 7) is 1.13. The van der Waals surface area contributed by atoms with E-state index in [2.05, 4.69) is 0 Å². The van der Waals surface area contributed by atoms with Gasteiger partial charge in [0.25, 0.3) is 0 Å². The first kappa shape index (κ1) is 15.8. The smallest absolute Gasteiger partial charge is 0.390 e. The van der Waals surface area contributed by atoms with Crippen LogP contribution in [0, 0.1) is 0 Å². The predicted octanol–water partition coefficient (Wildman–Crippen LogP) is 2.41. The fourth-order valence-corrected chi connectivity index (χ4v) is 1.55. The summed E-state index contributed by atoms with van der Waals surface area (Å²) < 4.78 is 41.6. The molecule has 2 N–H and O–H groups in total. The Kier molecular flexibility index (Phi) is 6.11. The van der Waals surface area contributed by atoms with E-state index in [9.17, 15) is 13.2 Å². The van der Waals surface area contributed by atoms with Crippen molar-refractivity contribution in [1.29, 1.82) is 0 Å². The van der Waals surface area contributed by atoms with Crippen molar-refractivity contribution in [2.24, 2.45) is 5.73 Å². The van der Waals surface area contributed by atoms with E-state index in [1.165, 1.54) is 0 Å². The van der Waals surface area contributed by atoms with Crippen molar-refractivity contribution in [3.05, 3.63) is 29.8 Å². The minimum absolute atomic E-state index is 0.0224. The van der Waals surface area contributed by atoms with Crippen LogP contribution in [-0.4, -0.2) is 37.8 Å². The van der Waals surface area contributed by atoms with Crippen LogP contribution < -0.4 is 10.5 Å². The number of hydrogen-bond donors (Lipinski definition) is 1. The molecular formula is C13H19F3N2O. The van der Waals surface area contributed by atoms with Gasteiger partial charge in [0.2, 0.25) is 0 Å². The second kappa shape index (κ2) is 7.35. The highest BCUT2D eigenvalue weighted by Gasteiger charge is 2.26. The largest absolute Gasteiger partial charge is 0.492 e. The van der Waals surface area contributed by atoms with Crippen molar-refractivity contribution >= 4 is 0 Å². The van der Waals surface area contributed by atoms with Gasteiger partial charge in [0, 0.05) is 25.2 Å². The fourth-order valence-electron chi connectivity index (χ4n) is 1.55. The van der Waals surface area contributed by atoms with Crippen LogP contribution in [0.1, 0.15) is 12.0 Å². The standard InChI is InChI=1S/C13H19F3N2O/c1-18(7-6-13(14,15)16)8-9-19-12-5-3-2-4-11(12)10-17/h2-5H,6-10,17H2,1H3. The first-order valence-electron chi connectivity index (χ1n) is 6.08. The van der Waals surface area contributed by atoms with E-state index in [1.54, 1.807) is 18.0 Å². The van der Waals surface area contributed by atoms with Crippen LogP contribution in [0.25, 0.3) is 0 Å². The van der Waals surface area contributed by atoms with Gasteiger partial charge in [-0.3, -0.25) is 0 Å². The summed E-state index contributed by atoms with van der Waals surface area (Å²) in [4.78, 5) is 1.60. The first-order chi connectivity index (χ1) is 8.92. The van der Waals surface area contributed by atoms with Crippen LogP contribution >= 0.6 is 0 Å². The van der Waals surface area contributed by atoms with Gasteiger partial charge >= 0.3 is 6.18 Å². The summed E-state index contributed by atoms with van der Waals surface area (Å²) in [6.07, 6.45) is -4.91. The average Bonchev–Trinajstić information content (AvgIpc) is 2.36. The van der Waals surface area contributed by atoms with Crippen LogP contribution in [0.2, 0.25) is 0 Å². The monoisotopic (exact) mass is 276 g/mol. The van der Waals surface area contributed by atoms with E-state index >= 15 is 0 Å². The lowest BCUT2D eigenvalue weighted by Gasteiger charge is -2.18. The Morgan fingerprint density at radius 1 is 1.21 bits per heavy atom. The predicted molar refractivity (Wildman–Crippen MR) is 68.0 cm³/mol. The van der Waals surface area contributed by atoms with Crippen molar-refractivity contribution in [2.75, 3.05) is 26.7 Å². The number of nitrogens with two attached hydrogens (primary N) is 1. The molecule has 0 aliphatic rings. The van der Waals surface area contributed by atoms with E-state index in [4.69, 9.17) is 10.5 Å². The van der Waals surface area contributed by atoms with Gasteiger partial charge in [-0.15, -0.1) is 0 Å². The fraction of sp³-hybridized carbons (Fsp3) is 0.538. The molecule has 0 radical (unpaired) electrons. The summed E-state index contributed by atoms with van der Waals surface area (Å²) in [5, 5.41) is 0. The number of hydrogen-bond acceptors (Lipinski definition) is 3. The van der Waals surface area contributed by atoms with Gasteiger partial charge in [0.1, 0.15) is 12.4 Å². The summed E-state index contributed by atoms with van der Waals surface area (Å²) in [7, 11) is 1.64. The Hall–Kier alpha value is -1.27. The van der Waals surface area contributed by atoms with Gasteiger partial charge in [-0.25, -0.2) is 0 Å². The van der Waals surface area contributed by atoms with Crippen LogP contribution in [0.3, 0.4) is 0 Å². The molecule has 1 rings (SSSR count). The van der Waals surface area contributed by atoms with Crippen molar-refractivity contribution in [3.63, 3.8) is 0 Å². The van der Waals surface area contributed by atoms with Crippen molar-refractivity contribution in [3.8, 4) is 5.75 Å². The molecule has 0 fully saturated rings. The Bertz CT molecular complexity index is 382. The second-order valence-electron chi connectivity index (χ2n) is 4.33. The zero-order chi connectivity index (χ0) is 14.3. The van der Waals surface area contributed by atoms with E-state index in [0.717, 1.165) is 5.56 Å². The molecule has 0 spiro atoms. The third-order valence-electron chi connectivity index (χ3n) is 2.70. The number of benzene rings is 1. The average molecular weight is 276 g/mol. The molecule has 0 atom stereocenters. The van der Waals surface area contributed by atoms with Crippen molar-refractivity contribution in [2.45, 2.75) is 19.1 Å². The molecule has 0 saturated carbocycles. The highest BCUT2D eigenvalue weighted by atomic mass is 19.4. The number of ether oxygens (including phenoxy) is 1. The molecular weight excluding hydrogens is 257 g/mol. The van der Waals surface area contributed by atoms with Gasteiger partial charge in [-0.05, 0) is 13.1 Å². The highest BCUT2D eigenvalue weighted by molar-refractivity contribution is 5.32. The van der Waals surface area contributed by atoms with E-state index in [1.807, 2.05) is 18.2 Å². The first-order valence-corrected chi connectivity index (χ1v) is 6.08. The molecule has 6 heteroatoms. The summed E-state index contributed by atoms with van der Waals surface area (Å²) in [6, 6.07) is 7.37. The third kappa shape index (κ3) is 6.45. The minimum atomic E-state index is -4.11. The lowest BCUT2D eigenvalue weighted by molar-refractivity contribution is -0.137. The maximum absolute atomic E-state index is 12.0. The van der Waals surface area contributed by atoms with Gasteiger partial charge in [-0.2, -0.15) is 13.2 Å². The Balaban J connectivity index is 2.30. The Labute approximate surface area is 111 Å². The Morgan fingerprint density at radius 3 is 2.53 bits per heavy atom. The molecule has 0 amide bonds. The maximum Gasteiger partial charge on any atom is 0.390 e. The lowest BCUT2D eigenvalue weighted by Crippen LogP contribution is -2.28. The van der Waals surface area contributed by atoms with Crippen molar-refractivity contribution in [1.82, 2.24) is 4.90 Å². The molecule has 1 aromatic carbocycles. The number of nitrogens with zero attached hydrogens (tertiary/aromatic N) is 1. The molecule has 0 heterocycles. The van der Waals surface area contributed by atoms with E-state index < -0.39 is 12.6 Å². The van der Waals surface area contributed by atoms with Gasteiger partial charge in [0.15, 0.2) is 0 Å². The molecule has 0 aliphatic heterocycles. The Morgan fingerprint density at radius 2 is 1.89 bits per heavy atom. The molecule has 3 nitrogen and oxygen atoms in total. The van der Waals surface area contributed by atoms with Gasteiger partial charge < -0.3 is 15.4 Å². The molecule has 19 heavy (non-hydrogen) atoms. The number of alkyl halides is 3. The lowest BCUT2D eigenvalue weighted by atomic mass is 10.2. The quantitative estimate of drug-likeness (QED) is 0.831. The maximum atomic E-state index is 12.0. The number of rotatable bonds is 7. The molecule has 0 unspecified atom stereocenters. The molecule has 108 valence electrons. The third-order valence-corrected chi connectivity index (χ3v) is 2.70. The SMILES string of the molecule is CN(CCOc1ccccc1CN)CCC(F)(F)F. The van der Waals surface area contributed by atoms with Crippen molar-refractivity contribution < 1.29 is 17.9 Å². The normalized spacial score (nSPS) is 11.9. The van der Waals surface area contributed by atoms with Crippen LogP contribution in [0.15, 0.2) is 24.3 Å². The number of likely N-dealkylation sites (N-methyl/N-ethyl adjacent to an activating group) is 1. The zero-order valence-corrected chi connectivity index (χ0v) is 10.9. The molecule has 0 aromatic heterocycles. The van der Waals surface area contributed by atoms with Gasteiger partial charge in [-0.1, -0.05) is 18.2 Å². The van der Waals surface area contributed by atoms with Crippen LogP contribution in [0.5, 0.6) is 5.75 Å². The van der Waals surface area contributed by atoms with Crippen LogP contribution in [0.4, 0.5) is 13.2 Å². The minimum Gasteiger partial charge on any atom is -0.492 e. The van der Waals surface area contributed by atoms with E-state index in [0.29, 0.717) is 25.4 Å². The van der Waals surface area contributed by atoms with Crippen LogP contribution in [-0.2, 0) is 6.54 Å². The summed E-state index contributed by atoms with van der Waals surface area (Å²) in [5.41, 5.74) is 6.45. The molecule has 1 aromatic rings. The second-order valence-corrected chi connectivity index (χ2v) is 4.33. The molecule has 0 aliphatic carbocycles. The molecule has 0 bridgehead atoms. The van der Waals surface area contributed by atoms with E-state index in [-0.39, 0.29) is 6.54 Å². The molecule has 0 saturated heterocycles. The highest BCUT2D eigenvalue weighted by Crippen LogP contribution is 2.19. The van der Waals surface area contributed by atoms with Gasteiger partial charge in [0.05, 0.1) is 6.42 Å².